The van der Waals surface area contributed by atoms with Gasteiger partial charge in [0.05, 0.1) is 76.9 Å². The normalized spacial score (nSPS) is 13.5. The molecule has 1 aliphatic heterocycles. The van der Waals surface area contributed by atoms with Gasteiger partial charge in [-0.3, -0.25) is 57.3 Å². The number of Topliss-reactive ketones (excluding diaryl/α,β-unsaturated/α-hetero) is 2. The van der Waals surface area contributed by atoms with Crippen LogP contribution < -0.4 is 31.5 Å². The number of carboxylic acids is 5. The average Bonchev–Trinajstić information content (AvgIpc) is 0.804. The van der Waals surface area contributed by atoms with Gasteiger partial charge in [0.15, 0.2) is 0 Å². The van der Waals surface area contributed by atoms with Crippen molar-refractivity contribution in [2.75, 3.05) is 83.6 Å². The summed E-state index contributed by atoms with van der Waals surface area (Å²) >= 11 is 2.22. The Bertz CT molecular complexity index is 3550. The first-order chi connectivity index (χ1) is 51.7. The Balaban J connectivity index is 1.12. The lowest BCUT2D eigenvalue weighted by Crippen LogP contribution is -2.52. The van der Waals surface area contributed by atoms with E-state index in [-0.39, 0.29) is 147 Å². The first kappa shape index (κ1) is 92.3. The van der Waals surface area contributed by atoms with E-state index in [2.05, 4.69) is 61.0 Å². The second kappa shape index (κ2) is 52.9. The molecule has 594 valence electrons. The molecule has 0 bridgehead atoms. The van der Waals surface area contributed by atoms with Gasteiger partial charge >= 0.3 is 29.8 Å². The lowest BCUT2D eigenvalue weighted by atomic mass is 9.94. The van der Waals surface area contributed by atoms with Gasteiger partial charge in [0, 0.05) is 105 Å². The minimum Gasteiger partial charge on any atom is -0.481 e. The second-order valence-corrected chi connectivity index (χ2v) is 31.6. The quantitative estimate of drug-likeness (QED) is 0.0114. The van der Waals surface area contributed by atoms with Crippen LogP contribution in [0.1, 0.15) is 170 Å². The molecule has 0 spiro atoms. The Hall–Kier alpha value is -8.08. The summed E-state index contributed by atoms with van der Waals surface area (Å²) < 4.78 is 41.6. The molecule has 30 nitrogen and oxygen atoms in total. The lowest BCUT2D eigenvalue weighted by molar-refractivity contribution is -0.145. The van der Waals surface area contributed by atoms with Crippen LogP contribution in [0.15, 0.2) is 72.8 Å². The van der Waals surface area contributed by atoms with Gasteiger partial charge in [-0.15, -0.1) is 0 Å². The zero-order chi connectivity index (χ0) is 79.1. The number of ketones is 2. The second-order valence-electron chi connectivity index (χ2n) is 25.9. The number of aryl methyl sites for hydroxylation is 1. The molecule has 7 atom stereocenters. The van der Waals surface area contributed by atoms with Crippen LogP contribution in [-0.4, -0.2) is 199 Å². The number of aliphatic carboxylic acids is 5. The van der Waals surface area contributed by atoms with Crippen LogP contribution in [0.2, 0.25) is 0 Å². The van der Waals surface area contributed by atoms with Crippen molar-refractivity contribution in [1.82, 2.24) is 26.6 Å². The molecule has 5 unspecified atom stereocenters. The molecule has 3 aromatic carbocycles. The number of unbranched alkanes of at least 4 members (excludes halogenated alkanes) is 3. The minimum atomic E-state index is -3.62. The molecule has 0 fully saturated rings. The van der Waals surface area contributed by atoms with Gasteiger partial charge in [0.1, 0.15) is 29.7 Å². The van der Waals surface area contributed by atoms with E-state index in [1.54, 1.807) is 4.90 Å². The number of amides is 6. The maximum Gasteiger partial charge on any atom is 0.326 e. The van der Waals surface area contributed by atoms with Gasteiger partial charge in [0.2, 0.25) is 42.5 Å². The van der Waals surface area contributed by atoms with Crippen molar-refractivity contribution in [2.24, 2.45) is 11.8 Å². The van der Waals surface area contributed by atoms with Crippen LogP contribution in [0.25, 0.3) is 0 Å². The molecule has 0 aliphatic carbocycles. The summed E-state index contributed by atoms with van der Waals surface area (Å²) in [4.78, 5) is 165. The average molecular weight is 1660 g/mol. The molecular formula is C75H103IN6O24P2. The van der Waals surface area contributed by atoms with Crippen LogP contribution in [0.4, 0.5) is 5.69 Å². The van der Waals surface area contributed by atoms with Gasteiger partial charge in [-0.2, -0.15) is 0 Å². The fourth-order valence-corrected chi connectivity index (χ4v) is 14.1. The smallest absolute Gasteiger partial charge is 0.326 e. The molecule has 0 saturated carbocycles. The molecular weight excluding hydrogens is 1560 g/mol. The molecule has 1 aliphatic rings. The first-order valence-corrected chi connectivity index (χ1v) is 40.9. The molecule has 0 saturated heterocycles. The zero-order valence-electron chi connectivity index (χ0n) is 60.8. The summed E-state index contributed by atoms with van der Waals surface area (Å²) in [5.74, 6) is -6.33. The Labute approximate surface area is 644 Å². The van der Waals surface area contributed by atoms with Gasteiger partial charge < -0.3 is 80.5 Å². The van der Waals surface area contributed by atoms with Crippen LogP contribution in [-0.2, 0) is 103 Å². The molecule has 0 aromatic heterocycles. The number of anilines is 1. The van der Waals surface area contributed by atoms with Gasteiger partial charge in [-0.1, -0.05) is 60.7 Å². The Morgan fingerprint density at radius 2 is 1.02 bits per heavy atom. The van der Waals surface area contributed by atoms with Crippen molar-refractivity contribution < 1.29 is 116 Å². The summed E-state index contributed by atoms with van der Waals surface area (Å²) in [5.41, 5.74) is 4.37. The third-order valence-corrected chi connectivity index (χ3v) is 20.6. The Morgan fingerprint density at radius 3 is 1.68 bits per heavy atom. The van der Waals surface area contributed by atoms with Crippen LogP contribution in [0.5, 0.6) is 0 Å². The van der Waals surface area contributed by atoms with Crippen molar-refractivity contribution in [3.05, 3.63) is 98.6 Å². The molecule has 3 aromatic rings. The molecule has 4 rings (SSSR count). The van der Waals surface area contributed by atoms with Crippen molar-refractivity contribution >= 4 is 121 Å². The number of carboxylic acid groups (broad SMARTS) is 5. The highest BCUT2D eigenvalue weighted by atomic mass is 127. The third-order valence-electron chi connectivity index (χ3n) is 17.2. The highest BCUT2D eigenvalue weighted by Crippen LogP contribution is 2.57. The standard InChI is InChI=1S/C75H103IN6O24P2/c76-58-29-23-52(24-30-58)13-10-22-65(85)77-39-9-7-19-63(75(99)100)81-71(92)61(32-34-66(86)78-38-8-1-2-17-60(84)49-55(72(93)94)27-33-67(87)80-62(74(97)98)20-12-41-106-108(101,107)51-57(73(95)96)28-36-70(90)91)79-68(88)37-42-103-44-46-105-48-47-104-45-43-102-40-11-18-59(83)31-35-69(89)82-50-56-16-4-3-14-53(56)25-26-54-15-5-6-21-64(54)82/h3-6,14-16,21,23-24,29-30,55,57,61-63H,1-2,7-13,17-20,22,27-28,31-51,107H2,(H,77,85)(H,78,86)(H,79,88)(H,80,87)(H,81,92)(H,90,91)(H,93,94)(H,95,96)(H,97,98)(H,99,100)/t55-,57?,61?,62+,63?,108?/m1/s1. The van der Waals surface area contributed by atoms with Crippen molar-refractivity contribution in [2.45, 2.75) is 179 Å². The predicted octanol–water partition coefficient (Wildman–Crippen LogP) is 7.38. The maximum absolute atomic E-state index is 13.7. The number of benzene rings is 3. The van der Waals surface area contributed by atoms with Gasteiger partial charge in [-0.25, -0.2) is 9.59 Å². The predicted molar refractivity (Wildman–Crippen MR) is 408 cm³/mol. The van der Waals surface area contributed by atoms with E-state index in [0.717, 1.165) is 32.2 Å². The summed E-state index contributed by atoms with van der Waals surface area (Å²) in [5, 5.41) is 60.8. The number of para-hydroxylation sites is 1. The third kappa shape index (κ3) is 40.4. The maximum atomic E-state index is 13.7. The fraction of sp³-hybridized carbons (Fsp3) is 0.560. The summed E-state index contributed by atoms with van der Waals surface area (Å²) in [6, 6.07) is 19.0. The van der Waals surface area contributed by atoms with Crippen LogP contribution >= 0.6 is 38.6 Å². The van der Waals surface area contributed by atoms with E-state index in [1.165, 1.54) is 0 Å². The molecule has 33 heteroatoms. The van der Waals surface area contributed by atoms with Gasteiger partial charge in [-0.05, 0) is 156 Å². The lowest BCUT2D eigenvalue weighted by Gasteiger charge is -2.26. The highest BCUT2D eigenvalue weighted by Gasteiger charge is 2.31. The summed E-state index contributed by atoms with van der Waals surface area (Å²) in [7, 11) is -1.70. The molecule has 1 heterocycles. The van der Waals surface area contributed by atoms with E-state index in [1.807, 2.05) is 81.7 Å². The summed E-state index contributed by atoms with van der Waals surface area (Å²) in [6.45, 7) is 2.15. The number of ether oxygens (including phenoxy) is 4. The van der Waals surface area contributed by atoms with E-state index in [9.17, 15) is 87.3 Å². The number of carbonyl (C=O) groups is 13. The number of nitrogens with zero attached hydrogens (tertiary/aromatic N) is 1. The van der Waals surface area contributed by atoms with E-state index < -0.39 is 122 Å². The number of nitrogens with one attached hydrogen (secondary N) is 5. The zero-order valence-corrected chi connectivity index (χ0v) is 65.0. The van der Waals surface area contributed by atoms with Crippen molar-refractivity contribution in [3.8, 4) is 11.8 Å². The number of carbonyl (C=O) groups excluding carboxylic acids is 8. The van der Waals surface area contributed by atoms with Crippen LogP contribution in [0.3, 0.4) is 0 Å². The largest absolute Gasteiger partial charge is 0.481 e. The SMILES string of the molecule is O=C(O)CCC(CP(=O)(P)OCCC[C@H](NC(=O)CC[C@H](CC(=O)CCCCCNC(=O)CCC(NC(=O)CCOCCOCCOCCOCCCC(=O)CCC(=O)N1Cc2ccccc2C#Cc2ccccc21)C(=O)NC(CCCCNC(=O)CCCc1ccc(I)cc1)C(=O)O)C(=O)O)C(=O)O)C(=O)O. The monoisotopic (exact) mass is 1660 g/mol. The molecule has 10 N–H and O–H groups in total. The number of hydrogen-bond donors (Lipinski definition) is 10. The molecule has 108 heavy (non-hydrogen) atoms. The first-order valence-electron chi connectivity index (χ1n) is 36.4. The molecule has 0 radical (unpaired) electrons. The summed E-state index contributed by atoms with van der Waals surface area (Å²) in [6.07, 6.45) is 1.23. The van der Waals surface area contributed by atoms with E-state index in [4.69, 9.17) is 28.6 Å². The number of fused-ring (bicyclic) bond motifs is 2. The minimum absolute atomic E-state index is 0.00246. The van der Waals surface area contributed by atoms with Crippen molar-refractivity contribution in [3.63, 3.8) is 0 Å². The highest BCUT2D eigenvalue weighted by molar-refractivity contribution is 14.1. The van der Waals surface area contributed by atoms with E-state index in [0.29, 0.717) is 83.4 Å². The van der Waals surface area contributed by atoms with Gasteiger partial charge in [0.25, 0.3) is 0 Å². The number of hydrogen-bond acceptors (Lipinski definition) is 19. The topological polar surface area (TPSA) is 450 Å². The Morgan fingerprint density at radius 1 is 0.472 bits per heavy atom. The number of halogens is 1. The number of rotatable bonds is 60. The van der Waals surface area contributed by atoms with Crippen molar-refractivity contribution in [1.29, 1.82) is 0 Å². The van der Waals surface area contributed by atoms with E-state index >= 15 is 0 Å². The Kier molecular flexibility index (Phi) is 45.2. The van der Waals surface area contributed by atoms with Crippen LogP contribution in [0, 0.1) is 27.2 Å². The fourth-order valence-electron chi connectivity index (χ4n) is 11.2. The molecule has 6 amide bonds.